The molecule has 0 amide bonds. The number of nitro benzene ring substituents is 1. The van der Waals surface area contributed by atoms with Crippen molar-refractivity contribution < 1.29 is 9.35 Å². The molecule has 0 aliphatic carbocycles. The van der Waals surface area contributed by atoms with E-state index in [1.54, 1.807) is 12.1 Å². The molecule has 0 N–H and O–H groups in total. The summed E-state index contributed by atoms with van der Waals surface area (Å²) in [6.45, 7) is 15.3. The molecule has 3 rings (SSSR count). The highest BCUT2D eigenvalue weighted by Crippen LogP contribution is 2.37. The van der Waals surface area contributed by atoms with Crippen molar-refractivity contribution in [2.75, 3.05) is 31.1 Å². The van der Waals surface area contributed by atoms with Crippen LogP contribution in [0.25, 0.3) is 0 Å². The smallest absolute Gasteiger partial charge is 0.269 e. The quantitative estimate of drug-likeness (QED) is 0.428. The molecular formula is C19H31N3O3Si. The number of nitro groups is 1. The summed E-state index contributed by atoms with van der Waals surface area (Å²) in [5.41, 5.74) is 1.25. The molecule has 2 aliphatic heterocycles. The largest absolute Gasteiger partial charge is 0.416 e. The molecule has 6 nitrogen and oxygen atoms in total. The first-order chi connectivity index (χ1) is 12.1. The van der Waals surface area contributed by atoms with E-state index in [4.69, 9.17) is 4.43 Å². The van der Waals surface area contributed by atoms with E-state index in [-0.39, 0.29) is 15.6 Å². The first kappa shape index (κ1) is 19.3. The predicted octanol–water partition coefficient (Wildman–Crippen LogP) is 3.88. The van der Waals surface area contributed by atoms with Crippen LogP contribution in [0.1, 0.15) is 27.2 Å². The van der Waals surface area contributed by atoms with E-state index in [1.807, 2.05) is 12.1 Å². The van der Waals surface area contributed by atoms with Crippen LogP contribution < -0.4 is 4.90 Å². The Balaban J connectivity index is 1.52. The Morgan fingerprint density at radius 1 is 1.19 bits per heavy atom. The monoisotopic (exact) mass is 377 g/mol. The fourth-order valence-corrected chi connectivity index (χ4v) is 4.77. The molecule has 2 fully saturated rings. The highest BCUT2D eigenvalue weighted by Gasteiger charge is 2.43. The highest BCUT2D eigenvalue weighted by atomic mass is 28.4. The van der Waals surface area contributed by atoms with Crippen molar-refractivity contribution in [1.29, 1.82) is 0 Å². The van der Waals surface area contributed by atoms with E-state index in [0.717, 1.165) is 31.9 Å². The Morgan fingerprint density at radius 3 is 2.35 bits per heavy atom. The lowest BCUT2D eigenvalue weighted by atomic mass is 10.2. The average molecular weight is 378 g/mol. The van der Waals surface area contributed by atoms with Crippen molar-refractivity contribution in [3.8, 4) is 0 Å². The number of benzene rings is 1. The third kappa shape index (κ3) is 3.79. The molecule has 0 spiro atoms. The molecule has 0 saturated carbocycles. The number of hydrogen-bond acceptors (Lipinski definition) is 5. The van der Waals surface area contributed by atoms with Crippen LogP contribution in [0, 0.1) is 10.1 Å². The van der Waals surface area contributed by atoms with Crippen LogP contribution in [0.5, 0.6) is 0 Å². The van der Waals surface area contributed by atoms with Crippen molar-refractivity contribution in [2.24, 2.45) is 0 Å². The first-order valence-electron chi connectivity index (χ1n) is 9.47. The molecule has 2 unspecified atom stereocenters. The maximum absolute atomic E-state index is 10.8. The third-order valence-electron chi connectivity index (χ3n) is 6.39. The topological polar surface area (TPSA) is 58.8 Å². The molecule has 0 radical (unpaired) electrons. The lowest BCUT2D eigenvalue weighted by Crippen LogP contribution is -2.48. The first-order valence-corrected chi connectivity index (χ1v) is 12.4. The number of rotatable bonds is 6. The Labute approximate surface area is 157 Å². The van der Waals surface area contributed by atoms with Gasteiger partial charge in [-0.15, -0.1) is 0 Å². The second-order valence-corrected chi connectivity index (χ2v) is 13.9. The van der Waals surface area contributed by atoms with Crippen LogP contribution in [-0.4, -0.2) is 56.5 Å². The van der Waals surface area contributed by atoms with Gasteiger partial charge in [0, 0.05) is 56.1 Å². The van der Waals surface area contributed by atoms with Gasteiger partial charge < -0.3 is 9.33 Å². The number of likely N-dealkylation sites (tertiary alicyclic amines) is 1. The maximum atomic E-state index is 10.8. The van der Waals surface area contributed by atoms with Crippen LogP contribution in [0.2, 0.25) is 18.1 Å². The molecule has 144 valence electrons. The summed E-state index contributed by atoms with van der Waals surface area (Å²) in [4.78, 5) is 15.4. The van der Waals surface area contributed by atoms with Gasteiger partial charge in [0.05, 0.1) is 4.92 Å². The fourth-order valence-electron chi connectivity index (χ4n) is 3.74. The summed E-state index contributed by atoms with van der Waals surface area (Å²) >= 11 is 0. The summed E-state index contributed by atoms with van der Waals surface area (Å²) in [6.07, 6.45) is 1.18. The summed E-state index contributed by atoms with van der Waals surface area (Å²) in [7, 11) is -1.67. The number of non-ortho nitro benzene ring substituents is 1. The molecule has 2 saturated heterocycles. The minimum absolute atomic E-state index is 0.155. The predicted molar refractivity (Wildman–Crippen MR) is 107 cm³/mol. The van der Waals surface area contributed by atoms with Crippen molar-refractivity contribution in [3.63, 3.8) is 0 Å². The van der Waals surface area contributed by atoms with Gasteiger partial charge >= 0.3 is 0 Å². The van der Waals surface area contributed by atoms with E-state index in [1.165, 1.54) is 6.42 Å². The number of hydrogen-bond donors (Lipinski definition) is 0. The van der Waals surface area contributed by atoms with Crippen LogP contribution >= 0.6 is 0 Å². The molecular weight excluding hydrogens is 346 g/mol. The lowest BCUT2D eigenvalue weighted by Gasteiger charge is -2.38. The van der Waals surface area contributed by atoms with E-state index in [9.17, 15) is 10.1 Å². The minimum atomic E-state index is -1.67. The van der Waals surface area contributed by atoms with Gasteiger partial charge in [-0.05, 0) is 36.7 Å². The number of nitrogens with zero attached hydrogens (tertiary/aromatic N) is 3. The molecule has 0 aromatic heterocycles. The summed E-state index contributed by atoms with van der Waals surface area (Å²) in [5, 5.41) is 11.1. The van der Waals surface area contributed by atoms with E-state index in [2.05, 4.69) is 43.7 Å². The van der Waals surface area contributed by atoms with Gasteiger partial charge in [0.25, 0.3) is 5.69 Å². The minimum Gasteiger partial charge on any atom is -0.416 e. The molecule has 2 bridgehead atoms. The average Bonchev–Trinajstić information content (AvgIpc) is 3.14. The molecule has 2 heterocycles. The van der Waals surface area contributed by atoms with E-state index < -0.39 is 8.32 Å². The number of piperazine rings is 1. The van der Waals surface area contributed by atoms with Crippen molar-refractivity contribution in [2.45, 2.75) is 57.4 Å². The normalized spacial score (nSPS) is 23.7. The van der Waals surface area contributed by atoms with Crippen molar-refractivity contribution in [1.82, 2.24) is 4.90 Å². The van der Waals surface area contributed by atoms with Crippen molar-refractivity contribution in [3.05, 3.63) is 34.4 Å². The summed E-state index contributed by atoms with van der Waals surface area (Å²) < 4.78 is 6.33. The zero-order valence-electron chi connectivity index (χ0n) is 16.6. The SMILES string of the molecule is CC(C)(C)[Si](C)(C)OCCN1CC2CC1CN2c1ccc([N+](=O)[O-])cc1. The molecule has 1 aromatic rings. The Kier molecular flexibility index (Phi) is 5.16. The molecule has 1 aromatic carbocycles. The highest BCUT2D eigenvalue weighted by molar-refractivity contribution is 6.74. The number of fused-ring (bicyclic) bond motifs is 2. The lowest BCUT2D eigenvalue weighted by molar-refractivity contribution is -0.384. The Morgan fingerprint density at radius 2 is 1.85 bits per heavy atom. The maximum Gasteiger partial charge on any atom is 0.269 e. The zero-order chi connectivity index (χ0) is 19.1. The Bertz CT molecular complexity index is 657. The van der Waals surface area contributed by atoms with Gasteiger partial charge in [0.15, 0.2) is 8.32 Å². The summed E-state index contributed by atoms with van der Waals surface area (Å²) in [6, 6.07) is 8.04. The van der Waals surface area contributed by atoms with Gasteiger partial charge in [-0.25, -0.2) is 0 Å². The van der Waals surface area contributed by atoms with Gasteiger partial charge in [-0.2, -0.15) is 0 Å². The Hall–Kier alpha value is -1.44. The second kappa shape index (κ2) is 6.94. The van der Waals surface area contributed by atoms with Crippen LogP contribution in [0.3, 0.4) is 0 Å². The van der Waals surface area contributed by atoms with E-state index >= 15 is 0 Å². The molecule has 26 heavy (non-hydrogen) atoms. The van der Waals surface area contributed by atoms with Crippen molar-refractivity contribution >= 4 is 19.7 Å². The van der Waals surface area contributed by atoms with Crippen LogP contribution in [0.4, 0.5) is 11.4 Å². The van der Waals surface area contributed by atoms with Gasteiger partial charge in [-0.1, -0.05) is 20.8 Å². The molecule has 2 atom stereocenters. The number of anilines is 1. The fraction of sp³-hybridized carbons (Fsp3) is 0.684. The molecule has 2 aliphatic rings. The zero-order valence-corrected chi connectivity index (χ0v) is 17.6. The summed E-state index contributed by atoms with van der Waals surface area (Å²) in [5.74, 6) is 0. The van der Waals surface area contributed by atoms with E-state index in [0.29, 0.717) is 12.1 Å². The van der Waals surface area contributed by atoms with Gasteiger partial charge in [0.2, 0.25) is 0 Å². The van der Waals surface area contributed by atoms with Gasteiger partial charge in [-0.3, -0.25) is 15.0 Å². The van der Waals surface area contributed by atoms with Crippen LogP contribution in [0.15, 0.2) is 24.3 Å². The van der Waals surface area contributed by atoms with Crippen LogP contribution in [-0.2, 0) is 4.43 Å². The van der Waals surface area contributed by atoms with Gasteiger partial charge in [0.1, 0.15) is 0 Å². The second-order valence-electron chi connectivity index (χ2n) is 9.07. The standard InChI is InChI=1S/C19H31N3O3Si/c1-19(2,3)26(4,5)25-11-10-20-13-18-12-17(20)14-21(18)15-6-8-16(9-7-15)22(23)24/h6-9,17-18H,10-14H2,1-5H3. The molecule has 7 heteroatoms. The third-order valence-corrected chi connectivity index (χ3v) is 10.9.